The Balaban J connectivity index is 1.07. The van der Waals surface area contributed by atoms with E-state index >= 15 is 0 Å². The number of amides is 1. The highest BCUT2D eigenvalue weighted by molar-refractivity contribution is 7.13. The highest BCUT2D eigenvalue weighted by Gasteiger charge is 2.24. The molecule has 1 fully saturated rings. The monoisotopic (exact) mass is 454 g/mol. The van der Waals surface area contributed by atoms with Gasteiger partial charge in [-0.25, -0.2) is 0 Å². The maximum atomic E-state index is 12.9. The average molecular weight is 455 g/mol. The fraction of sp³-hybridized carbons (Fsp3) is 0.500. The van der Waals surface area contributed by atoms with Gasteiger partial charge in [-0.1, -0.05) is 12.1 Å². The lowest BCUT2D eigenvalue weighted by Crippen LogP contribution is -2.46. The number of carbonyl (C=O) groups is 1. The number of hydrogen-bond acceptors (Lipinski definition) is 6. The molecule has 164 valence electrons. The highest BCUT2D eigenvalue weighted by Crippen LogP contribution is 2.30. The Hall–Kier alpha value is -1.96. The van der Waals surface area contributed by atoms with Crippen LogP contribution in [0.4, 0.5) is 5.82 Å². The minimum Gasteiger partial charge on any atom is -0.353 e. The molecule has 0 atom stereocenters. The van der Waals surface area contributed by atoms with Crippen molar-refractivity contribution in [3.63, 3.8) is 0 Å². The molecule has 0 spiro atoms. The lowest BCUT2D eigenvalue weighted by molar-refractivity contribution is 0.0756. The van der Waals surface area contributed by atoms with Gasteiger partial charge in [0.05, 0.1) is 10.3 Å². The van der Waals surface area contributed by atoms with Gasteiger partial charge in [-0.15, -0.1) is 11.3 Å². The van der Waals surface area contributed by atoms with Crippen LogP contribution in [0.2, 0.25) is 0 Å². The van der Waals surface area contributed by atoms with E-state index in [0.717, 1.165) is 82.9 Å². The Morgan fingerprint density at radius 3 is 2.71 bits per heavy atom. The zero-order valence-electron chi connectivity index (χ0n) is 18.2. The molecule has 3 aromatic rings. The van der Waals surface area contributed by atoms with Gasteiger partial charge in [0.15, 0.2) is 0 Å². The SMILES string of the molecule is Cc1cc2c(s1)CCCN(CCCCN1CCN(c3nsc4ccccc34)CC1)C2=O. The van der Waals surface area contributed by atoms with E-state index in [2.05, 4.69) is 52.0 Å². The van der Waals surface area contributed by atoms with Crippen molar-refractivity contribution in [2.24, 2.45) is 0 Å². The van der Waals surface area contributed by atoms with Crippen molar-refractivity contribution in [2.75, 3.05) is 50.7 Å². The summed E-state index contributed by atoms with van der Waals surface area (Å²) < 4.78 is 5.99. The van der Waals surface area contributed by atoms with Crippen molar-refractivity contribution in [3.8, 4) is 0 Å². The first-order valence-electron chi connectivity index (χ1n) is 11.4. The van der Waals surface area contributed by atoms with Gasteiger partial charge in [0.1, 0.15) is 5.82 Å². The van der Waals surface area contributed by atoms with Gasteiger partial charge in [0.2, 0.25) is 0 Å². The molecule has 1 amide bonds. The number of piperazine rings is 1. The number of hydrogen-bond donors (Lipinski definition) is 0. The van der Waals surface area contributed by atoms with E-state index in [1.807, 2.05) is 0 Å². The zero-order chi connectivity index (χ0) is 21.2. The molecule has 0 unspecified atom stereocenters. The molecular formula is C24H30N4OS2. The van der Waals surface area contributed by atoms with Crippen LogP contribution in [-0.2, 0) is 6.42 Å². The first-order valence-corrected chi connectivity index (χ1v) is 13.0. The third kappa shape index (κ3) is 4.49. The maximum absolute atomic E-state index is 12.9. The van der Waals surface area contributed by atoms with E-state index in [1.165, 1.54) is 19.8 Å². The molecule has 0 N–H and O–H groups in total. The van der Waals surface area contributed by atoms with Gasteiger partial charge in [-0.2, -0.15) is 4.37 Å². The minimum absolute atomic E-state index is 0.251. The van der Waals surface area contributed by atoms with Crippen LogP contribution in [0.25, 0.3) is 10.1 Å². The van der Waals surface area contributed by atoms with Crippen LogP contribution in [0, 0.1) is 6.92 Å². The van der Waals surface area contributed by atoms with Crippen molar-refractivity contribution in [2.45, 2.75) is 32.6 Å². The average Bonchev–Trinajstić information content (AvgIpc) is 3.35. The van der Waals surface area contributed by atoms with Crippen LogP contribution in [0.3, 0.4) is 0 Å². The molecule has 1 saturated heterocycles. The number of unbranched alkanes of at least 4 members (excludes halogenated alkanes) is 1. The number of carbonyl (C=O) groups excluding carboxylic acids is 1. The molecule has 0 aliphatic carbocycles. The summed E-state index contributed by atoms with van der Waals surface area (Å²) >= 11 is 3.39. The molecule has 0 bridgehead atoms. The second kappa shape index (κ2) is 9.27. The molecule has 7 heteroatoms. The summed E-state index contributed by atoms with van der Waals surface area (Å²) in [7, 11) is 0. The number of fused-ring (bicyclic) bond motifs is 2. The summed E-state index contributed by atoms with van der Waals surface area (Å²) in [6.07, 6.45) is 4.38. The fourth-order valence-electron chi connectivity index (χ4n) is 4.77. The van der Waals surface area contributed by atoms with E-state index in [9.17, 15) is 4.79 Å². The van der Waals surface area contributed by atoms with E-state index in [-0.39, 0.29) is 5.91 Å². The van der Waals surface area contributed by atoms with Crippen LogP contribution >= 0.6 is 22.9 Å². The van der Waals surface area contributed by atoms with Crippen LogP contribution in [-0.4, -0.2) is 65.9 Å². The molecule has 31 heavy (non-hydrogen) atoms. The smallest absolute Gasteiger partial charge is 0.254 e. The Bertz CT molecular complexity index is 1050. The van der Waals surface area contributed by atoms with Crippen LogP contribution in [0.5, 0.6) is 0 Å². The Kier molecular flexibility index (Phi) is 6.25. The van der Waals surface area contributed by atoms with Gasteiger partial charge >= 0.3 is 0 Å². The summed E-state index contributed by atoms with van der Waals surface area (Å²) in [5, 5.41) is 1.28. The van der Waals surface area contributed by atoms with Crippen LogP contribution < -0.4 is 4.90 Å². The van der Waals surface area contributed by atoms with Crippen LogP contribution in [0.15, 0.2) is 30.3 Å². The Morgan fingerprint density at radius 2 is 1.84 bits per heavy atom. The zero-order valence-corrected chi connectivity index (χ0v) is 19.8. The number of rotatable bonds is 6. The molecule has 2 aromatic heterocycles. The molecule has 2 aliphatic heterocycles. The standard InChI is InChI=1S/C24H30N4OS2/c1-18-17-20-21(30-18)9-6-12-28(24(20)29)11-5-4-10-26-13-15-27(16-14-26)23-19-7-2-3-8-22(19)31-25-23/h2-3,7-8,17H,4-6,9-16H2,1H3. The van der Waals surface area contributed by atoms with Crippen LogP contribution in [0.1, 0.15) is 39.4 Å². The summed E-state index contributed by atoms with van der Waals surface area (Å²) in [6.45, 7) is 9.27. The van der Waals surface area contributed by atoms with Gasteiger partial charge < -0.3 is 9.80 Å². The summed E-state index contributed by atoms with van der Waals surface area (Å²) in [6, 6.07) is 10.6. The number of aromatic nitrogens is 1. The first-order chi connectivity index (χ1) is 15.2. The summed E-state index contributed by atoms with van der Waals surface area (Å²) in [5.74, 6) is 1.41. The highest BCUT2D eigenvalue weighted by atomic mass is 32.1. The molecule has 0 radical (unpaired) electrons. The normalized spacial score (nSPS) is 17.9. The first kappa shape index (κ1) is 20.9. The van der Waals surface area contributed by atoms with Gasteiger partial charge in [-0.3, -0.25) is 9.69 Å². The third-order valence-corrected chi connectivity index (χ3v) is 8.39. The molecule has 0 saturated carbocycles. The topological polar surface area (TPSA) is 39.7 Å². The molecule has 5 rings (SSSR count). The molecule has 1 aromatic carbocycles. The van der Waals surface area contributed by atoms with Crippen molar-refractivity contribution in [1.29, 1.82) is 0 Å². The second-order valence-electron chi connectivity index (χ2n) is 8.63. The Morgan fingerprint density at radius 1 is 1.03 bits per heavy atom. The van der Waals surface area contributed by atoms with E-state index in [4.69, 9.17) is 4.37 Å². The fourth-order valence-corrected chi connectivity index (χ4v) is 6.63. The number of thiophene rings is 1. The van der Waals surface area contributed by atoms with Gasteiger partial charge in [0, 0.05) is 54.4 Å². The van der Waals surface area contributed by atoms with E-state index in [0.29, 0.717) is 0 Å². The van der Waals surface area contributed by atoms with Gasteiger partial charge in [-0.05, 0) is 68.9 Å². The largest absolute Gasteiger partial charge is 0.353 e. The lowest BCUT2D eigenvalue weighted by atomic mass is 10.2. The predicted molar refractivity (Wildman–Crippen MR) is 131 cm³/mol. The number of nitrogens with zero attached hydrogens (tertiary/aromatic N) is 4. The number of anilines is 1. The lowest BCUT2D eigenvalue weighted by Gasteiger charge is -2.35. The van der Waals surface area contributed by atoms with Crippen molar-refractivity contribution < 1.29 is 4.79 Å². The quantitative estimate of drug-likeness (QED) is 0.508. The number of aryl methyl sites for hydroxylation is 2. The third-order valence-electron chi connectivity index (χ3n) is 6.46. The van der Waals surface area contributed by atoms with Gasteiger partial charge in [0.25, 0.3) is 5.91 Å². The van der Waals surface area contributed by atoms with E-state index in [1.54, 1.807) is 22.9 Å². The number of benzene rings is 1. The van der Waals surface area contributed by atoms with Crippen molar-refractivity contribution >= 4 is 44.7 Å². The molecule has 5 nitrogen and oxygen atoms in total. The predicted octanol–water partition coefficient (Wildman–Crippen LogP) is 4.66. The van der Waals surface area contributed by atoms with Crippen molar-refractivity contribution in [1.82, 2.24) is 14.2 Å². The minimum atomic E-state index is 0.251. The summed E-state index contributed by atoms with van der Waals surface area (Å²) in [5.41, 5.74) is 0.964. The van der Waals surface area contributed by atoms with E-state index < -0.39 is 0 Å². The molecule has 4 heterocycles. The Labute approximate surface area is 192 Å². The van der Waals surface area contributed by atoms with Crippen molar-refractivity contribution in [3.05, 3.63) is 45.6 Å². The molecular weight excluding hydrogens is 424 g/mol. The summed E-state index contributed by atoms with van der Waals surface area (Å²) in [4.78, 5) is 22.5. The molecule has 2 aliphatic rings. The maximum Gasteiger partial charge on any atom is 0.254 e. The second-order valence-corrected chi connectivity index (χ2v) is 10.8.